The summed E-state index contributed by atoms with van der Waals surface area (Å²) in [7, 11) is 0. The predicted octanol–water partition coefficient (Wildman–Crippen LogP) is 3.95. The van der Waals surface area contributed by atoms with Crippen LogP contribution in [0.25, 0.3) is 11.5 Å². The molecule has 0 bridgehead atoms. The van der Waals surface area contributed by atoms with Crippen molar-refractivity contribution in [3.63, 3.8) is 0 Å². The van der Waals surface area contributed by atoms with Gasteiger partial charge < -0.3 is 14.6 Å². The van der Waals surface area contributed by atoms with Gasteiger partial charge in [0.25, 0.3) is 11.8 Å². The Balaban J connectivity index is 1.36. The standard InChI is InChI=1S/C23H27FN4O3/c1-13(24)19-26-27-20(31-19)14-7-8-15-12-28(21(29)16(15)11-14)18-6-4-3-5-17(18)25-22(30)23(2)9-10-23/h7-8,11,13,17-18H,3-6,9-10,12H2,1-2H3,(H,25,30)/t13?,17-,18-/m1/s1. The largest absolute Gasteiger partial charge is 0.418 e. The van der Waals surface area contributed by atoms with E-state index in [0.717, 1.165) is 44.1 Å². The molecule has 5 rings (SSSR count). The van der Waals surface area contributed by atoms with Gasteiger partial charge in [-0.05, 0) is 50.3 Å². The molecule has 3 aliphatic rings. The zero-order valence-corrected chi connectivity index (χ0v) is 17.9. The van der Waals surface area contributed by atoms with Gasteiger partial charge >= 0.3 is 0 Å². The lowest BCUT2D eigenvalue weighted by Gasteiger charge is -2.38. The third kappa shape index (κ3) is 3.62. The van der Waals surface area contributed by atoms with E-state index in [9.17, 15) is 14.0 Å². The maximum Gasteiger partial charge on any atom is 0.254 e. The predicted molar refractivity (Wildman–Crippen MR) is 111 cm³/mol. The van der Waals surface area contributed by atoms with Crippen molar-refractivity contribution >= 4 is 11.8 Å². The number of halogens is 1. The Kier molecular flexibility index (Phi) is 4.83. The Morgan fingerprint density at radius 1 is 1.29 bits per heavy atom. The van der Waals surface area contributed by atoms with Crippen molar-refractivity contribution in [1.29, 1.82) is 0 Å². The van der Waals surface area contributed by atoms with E-state index < -0.39 is 6.17 Å². The fourth-order valence-electron chi connectivity index (χ4n) is 4.65. The summed E-state index contributed by atoms with van der Waals surface area (Å²) in [4.78, 5) is 27.9. The van der Waals surface area contributed by atoms with Crippen LogP contribution in [0.4, 0.5) is 4.39 Å². The van der Waals surface area contributed by atoms with Crippen LogP contribution in [0.5, 0.6) is 0 Å². The normalized spacial score (nSPS) is 25.3. The molecule has 0 saturated heterocycles. The Labute approximate surface area is 180 Å². The van der Waals surface area contributed by atoms with Crippen LogP contribution in [0, 0.1) is 5.41 Å². The van der Waals surface area contributed by atoms with E-state index in [1.165, 1.54) is 6.92 Å². The quantitative estimate of drug-likeness (QED) is 0.782. The van der Waals surface area contributed by atoms with Crippen molar-refractivity contribution in [3.8, 4) is 11.5 Å². The van der Waals surface area contributed by atoms with Crippen LogP contribution >= 0.6 is 0 Å². The van der Waals surface area contributed by atoms with Gasteiger partial charge in [0, 0.05) is 29.1 Å². The fourth-order valence-corrected chi connectivity index (χ4v) is 4.65. The van der Waals surface area contributed by atoms with Gasteiger partial charge in [-0.2, -0.15) is 0 Å². The Hall–Kier alpha value is -2.77. The number of aromatic nitrogens is 2. The lowest BCUT2D eigenvalue weighted by molar-refractivity contribution is -0.127. The van der Waals surface area contributed by atoms with E-state index in [1.54, 1.807) is 6.07 Å². The number of benzene rings is 1. The number of hydrogen-bond donors (Lipinski definition) is 1. The molecule has 2 amide bonds. The lowest BCUT2D eigenvalue weighted by Crippen LogP contribution is -2.54. The summed E-state index contributed by atoms with van der Waals surface area (Å²) in [6.07, 6.45) is 4.41. The third-order valence-corrected chi connectivity index (χ3v) is 6.96. The average molecular weight is 426 g/mol. The van der Waals surface area contributed by atoms with Gasteiger partial charge in [-0.1, -0.05) is 25.8 Å². The zero-order chi connectivity index (χ0) is 21.8. The van der Waals surface area contributed by atoms with Crippen LogP contribution in [0.15, 0.2) is 22.6 Å². The van der Waals surface area contributed by atoms with Gasteiger partial charge in [0.15, 0.2) is 6.17 Å². The zero-order valence-electron chi connectivity index (χ0n) is 17.9. The van der Waals surface area contributed by atoms with Crippen LogP contribution in [0.2, 0.25) is 0 Å². The van der Waals surface area contributed by atoms with Crippen molar-refractivity contribution < 1.29 is 18.4 Å². The molecular weight excluding hydrogens is 399 g/mol. The smallest absolute Gasteiger partial charge is 0.254 e. The summed E-state index contributed by atoms with van der Waals surface area (Å²) in [5.74, 6) is 0.201. The van der Waals surface area contributed by atoms with Crippen molar-refractivity contribution in [3.05, 3.63) is 35.2 Å². The molecule has 2 aromatic rings. The number of rotatable bonds is 5. The molecule has 164 valence electrons. The second-order valence-corrected chi connectivity index (χ2v) is 9.36. The van der Waals surface area contributed by atoms with E-state index in [2.05, 4.69) is 15.5 Å². The van der Waals surface area contributed by atoms with E-state index in [-0.39, 0.29) is 41.1 Å². The minimum Gasteiger partial charge on any atom is -0.418 e. The van der Waals surface area contributed by atoms with Gasteiger partial charge in [-0.25, -0.2) is 4.39 Å². The Morgan fingerprint density at radius 3 is 2.77 bits per heavy atom. The van der Waals surface area contributed by atoms with Crippen molar-refractivity contribution in [2.75, 3.05) is 0 Å². The molecule has 3 atom stereocenters. The number of nitrogens with zero attached hydrogens (tertiary/aromatic N) is 3. The lowest BCUT2D eigenvalue weighted by atomic mass is 9.88. The second kappa shape index (κ2) is 7.43. The minimum absolute atomic E-state index is 0.00852. The van der Waals surface area contributed by atoms with Gasteiger partial charge in [0.1, 0.15) is 0 Å². The van der Waals surface area contributed by atoms with Crippen LogP contribution in [-0.2, 0) is 11.3 Å². The second-order valence-electron chi connectivity index (χ2n) is 9.36. The highest BCUT2D eigenvalue weighted by molar-refractivity contribution is 5.99. The highest BCUT2D eigenvalue weighted by Crippen LogP contribution is 2.45. The molecule has 2 aliphatic carbocycles. The molecule has 1 N–H and O–H groups in total. The van der Waals surface area contributed by atoms with Gasteiger partial charge in [0.05, 0.1) is 6.04 Å². The summed E-state index contributed by atoms with van der Waals surface area (Å²) in [6, 6.07) is 5.45. The molecule has 1 aromatic heterocycles. The first-order chi connectivity index (χ1) is 14.9. The number of fused-ring (bicyclic) bond motifs is 1. The summed E-state index contributed by atoms with van der Waals surface area (Å²) >= 11 is 0. The summed E-state index contributed by atoms with van der Waals surface area (Å²) in [6.45, 7) is 3.87. The molecule has 8 heteroatoms. The monoisotopic (exact) mass is 426 g/mol. The molecule has 31 heavy (non-hydrogen) atoms. The highest BCUT2D eigenvalue weighted by Gasteiger charge is 2.47. The summed E-state index contributed by atoms with van der Waals surface area (Å²) in [5, 5.41) is 10.9. The molecule has 2 heterocycles. The number of carbonyl (C=O) groups is 2. The van der Waals surface area contributed by atoms with E-state index in [0.29, 0.717) is 17.7 Å². The topological polar surface area (TPSA) is 88.3 Å². The maximum atomic E-state index is 13.4. The number of nitrogens with one attached hydrogen (secondary N) is 1. The highest BCUT2D eigenvalue weighted by atomic mass is 19.1. The number of amides is 2. The number of hydrogen-bond acceptors (Lipinski definition) is 5. The summed E-state index contributed by atoms with van der Waals surface area (Å²) in [5.41, 5.74) is 1.92. The van der Waals surface area contributed by atoms with Crippen LogP contribution in [0.1, 0.15) is 80.4 Å². The van der Waals surface area contributed by atoms with Crippen LogP contribution in [0.3, 0.4) is 0 Å². The molecule has 0 spiro atoms. The maximum absolute atomic E-state index is 13.4. The molecule has 2 saturated carbocycles. The van der Waals surface area contributed by atoms with Crippen LogP contribution < -0.4 is 5.32 Å². The van der Waals surface area contributed by atoms with Crippen molar-refractivity contribution in [2.24, 2.45) is 5.41 Å². The van der Waals surface area contributed by atoms with Gasteiger partial charge in [-0.3, -0.25) is 9.59 Å². The molecule has 1 unspecified atom stereocenters. The number of alkyl halides is 1. The molecular formula is C23H27FN4O3. The first kappa shape index (κ1) is 20.2. The van der Waals surface area contributed by atoms with Crippen LogP contribution in [-0.4, -0.2) is 39.0 Å². The Morgan fingerprint density at radius 2 is 2.06 bits per heavy atom. The molecule has 1 aliphatic heterocycles. The molecule has 7 nitrogen and oxygen atoms in total. The molecule has 1 aromatic carbocycles. The minimum atomic E-state index is -1.34. The van der Waals surface area contributed by atoms with Crippen molar-refractivity contribution in [1.82, 2.24) is 20.4 Å². The average Bonchev–Trinajstić information content (AvgIpc) is 3.20. The molecule has 0 radical (unpaired) electrons. The summed E-state index contributed by atoms with van der Waals surface area (Å²) < 4.78 is 18.8. The van der Waals surface area contributed by atoms with E-state index in [1.807, 2.05) is 24.0 Å². The first-order valence-corrected chi connectivity index (χ1v) is 11.1. The van der Waals surface area contributed by atoms with E-state index >= 15 is 0 Å². The Bertz CT molecular complexity index is 1030. The SMILES string of the molecule is CC(F)c1nnc(-c2ccc3c(c2)C(=O)N([C@@H]2CCCC[C@H]2NC(=O)C2(C)CC2)C3)o1. The first-order valence-electron chi connectivity index (χ1n) is 11.1. The van der Waals surface area contributed by atoms with E-state index in [4.69, 9.17) is 4.42 Å². The van der Waals surface area contributed by atoms with Gasteiger partial charge in [-0.15, -0.1) is 10.2 Å². The molecule has 2 fully saturated rings. The fraction of sp³-hybridized carbons (Fsp3) is 0.565. The third-order valence-electron chi connectivity index (χ3n) is 6.96. The number of carbonyl (C=O) groups excluding carboxylic acids is 2. The van der Waals surface area contributed by atoms with Crippen molar-refractivity contribution in [2.45, 2.75) is 77.2 Å². The van der Waals surface area contributed by atoms with Gasteiger partial charge in [0.2, 0.25) is 11.8 Å².